The van der Waals surface area contributed by atoms with Gasteiger partial charge in [0.1, 0.15) is 0 Å². The van der Waals surface area contributed by atoms with Crippen molar-refractivity contribution in [3.8, 4) is 0 Å². The Morgan fingerprint density at radius 3 is 2.79 bits per heavy atom. The molecule has 0 spiro atoms. The van der Waals surface area contributed by atoms with E-state index >= 15 is 0 Å². The van der Waals surface area contributed by atoms with Gasteiger partial charge in [0.2, 0.25) is 11.8 Å². The number of aryl methyl sites for hydroxylation is 2. The van der Waals surface area contributed by atoms with E-state index in [2.05, 4.69) is 5.32 Å². The molecular formula is C19H20N2O2S. The van der Waals surface area contributed by atoms with E-state index in [1.54, 1.807) is 16.7 Å². The predicted molar refractivity (Wildman–Crippen MR) is 98.7 cm³/mol. The summed E-state index contributed by atoms with van der Waals surface area (Å²) in [6.45, 7) is 4.40. The standard InChI is InChI=1S/C19H20N2O2S/c1-13-7-8-15(14(2)11-13)20-18(22)9-10-21-16-5-3-4-6-17(16)24-12-19(21)23/h3-8,11H,9-10,12H2,1-2H3,(H,20,22). The number of rotatable bonds is 4. The van der Waals surface area contributed by atoms with Crippen LogP contribution in [0.5, 0.6) is 0 Å². The first-order valence-electron chi connectivity index (χ1n) is 7.94. The molecule has 24 heavy (non-hydrogen) atoms. The second-order valence-corrected chi connectivity index (χ2v) is 6.94. The van der Waals surface area contributed by atoms with Crippen LogP contribution in [0, 0.1) is 13.8 Å². The number of nitrogens with zero attached hydrogens (tertiary/aromatic N) is 1. The van der Waals surface area contributed by atoms with Crippen LogP contribution in [0.4, 0.5) is 11.4 Å². The highest BCUT2D eigenvalue weighted by Gasteiger charge is 2.24. The minimum Gasteiger partial charge on any atom is -0.326 e. The second kappa shape index (κ2) is 7.09. The quantitative estimate of drug-likeness (QED) is 0.922. The summed E-state index contributed by atoms with van der Waals surface area (Å²) in [5, 5.41) is 2.93. The average molecular weight is 340 g/mol. The topological polar surface area (TPSA) is 49.4 Å². The fraction of sp³-hybridized carbons (Fsp3) is 0.263. The molecule has 0 bridgehead atoms. The van der Waals surface area contributed by atoms with Crippen molar-refractivity contribution in [1.82, 2.24) is 0 Å². The highest BCUT2D eigenvalue weighted by atomic mass is 32.2. The second-order valence-electron chi connectivity index (χ2n) is 5.92. The van der Waals surface area contributed by atoms with E-state index in [1.165, 1.54) is 5.56 Å². The number of hydrogen-bond donors (Lipinski definition) is 1. The van der Waals surface area contributed by atoms with Gasteiger partial charge >= 0.3 is 0 Å². The smallest absolute Gasteiger partial charge is 0.237 e. The lowest BCUT2D eigenvalue weighted by Gasteiger charge is -2.28. The highest BCUT2D eigenvalue weighted by Crippen LogP contribution is 2.34. The number of carbonyl (C=O) groups is 2. The first kappa shape index (κ1) is 16.6. The first-order valence-corrected chi connectivity index (χ1v) is 8.92. The average Bonchev–Trinajstić information content (AvgIpc) is 2.56. The molecule has 3 rings (SSSR count). The summed E-state index contributed by atoms with van der Waals surface area (Å²) in [5.74, 6) is 0.402. The number of nitrogens with one attached hydrogen (secondary N) is 1. The molecule has 1 aliphatic rings. The summed E-state index contributed by atoms with van der Waals surface area (Å²) in [6.07, 6.45) is 0.276. The molecule has 5 heteroatoms. The molecule has 0 saturated carbocycles. The molecule has 0 aliphatic carbocycles. The van der Waals surface area contributed by atoms with Crippen molar-refractivity contribution in [3.05, 3.63) is 53.6 Å². The Hall–Kier alpha value is -2.27. The zero-order chi connectivity index (χ0) is 17.1. The van der Waals surface area contributed by atoms with Crippen LogP contribution in [0.2, 0.25) is 0 Å². The molecule has 0 radical (unpaired) electrons. The number of para-hydroxylation sites is 1. The number of anilines is 2. The summed E-state index contributed by atoms with van der Waals surface area (Å²) in [5.41, 5.74) is 3.93. The van der Waals surface area contributed by atoms with Crippen LogP contribution in [0.15, 0.2) is 47.4 Å². The molecule has 0 unspecified atom stereocenters. The van der Waals surface area contributed by atoms with Gasteiger partial charge < -0.3 is 10.2 Å². The van der Waals surface area contributed by atoms with E-state index in [-0.39, 0.29) is 18.2 Å². The van der Waals surface area contributed by atoms with Gasteiger partial charge in [-0.25, -0.2) is 0 Å². The number of hydrogen-bond acceptors (Lipinski definition) is 3. The highest BCUT2D eigenvalue weighted by molar-refractivity contribution is 8.00. The summed E-state index contributed by atoms with van der Waals surface area (Å²) < 4.78 is 0. The van der Waals surface area contributed by atoms with E-state index < -0.39 is 0 Å². The largest absolute Gasteiger partial charge is 0.326 e. The zero-order valence-electron chi connectivity index (χ0n) is 13.8. The van der Waals surface area contributed by atoms with Crippen LogP contribution >= 0.6 is 11.8 Å². The maximum Gasteiger partial charge on any atom is 0.237 e. The van der Waals surface area contributed by atoms with Crippen LogP contribution in [0.3, 0.4) is 0 Å². The molecule has 1 heterocycles. The summed E-state index contributed by atoms with van der Waals surface area (Å²) in [7, 11) is 0. The molecule has 0 fully saturated rings. The van der Waals surface area contributed by atoms with Crippen LogP contribution in [0.25, 0.3) is 0 Å². The minimum atomic E-state index is -0.0783. The van der Waals surface area contributed by atoms with Gasteiger partial charge in [-0.1, -0.05) is 29.8 Å². The van der Waals surface area contributed by atoms with Gasteiger partial charge in [0.25, 0.3) is 0 Å². The van der Waals surface area contributed by atoms with E-state index in [4.69, 9.17) is 0 Å². The van der Waals surface area contributed by atoms with Crippen molar-refractivity contribution in [2.45, 2.75) is 25.2 Å². The Labute approximate surface area is 146 Å². The van der Waals surface area contributed by atoms with Crippen molar-refractivity contribution >= 4 is 35.0 Å². The van der Waals surface area contributed by atoms with Crippen LogP contribution in [-0.2, 0) is 9.59 Å². The molecule has 2 aromatic carbocycles. The number of benzene rings is 2. The molecule has 2 aromatic rings. The molecule has 2 amide bonds. The minimum absolute atomic E-state index is 0.0537. The fourth-order valence-electron chi connectivity index (χ4n) is 2.78. The molecule has 0 saturated heterocycles. The third-order valence-corrected chi connectivity index (χ3v) is 5.07. The molecule has 4 nitrogen and oxygen atoms in total. The van der Waals surface area contributed by atoms with Gasteiger partial charge in [-0.05, 0) is 37.6 Å². The summed E-state index contributed by atoms with van der Waals surface area (Å²) in [4.78, 5) is 27.3. The maximum atomic E-state index is 12.3. The van der Waals surface area contributed by atoms with Crippen molar-refractivity contribution in [2.75, 3.05) is 22.5 Å². The van der Waals surface area contributed by atoms with Crippen molar-refractivity contribution in [1.29, 1.82) is 0 Å². The number of thioether (sulfide) groups is 1. The van der Waals surface area contributed by atoms with Crippen LogP contribution < -0.4 is 10.2 Å². The first-order chi connectivity index (χ1) is 11.5. The van der Waals surface area contributed by atoms with Crippen molar-refractivity contribution in [2.24, 2.45) is 0 Å². The molecule has 0 atom stereocenters. The molecular weight excluding hydrogens is 320 g/mol. The Balaban J connectivity index is 1.65. The van der Waals surface area contributed by atoms with E-state index in [0.29, 0.717) is 12.3 Å². The van der Waals surface area contributed by atoms with Crippen molar-refractivity contribution in [3.63, 3.8) is 0 Å². The molecule has 1 aliphatic heterocycles. The third kappa shape index (κ3) is 3.62. The Bertz CT molecular complexity index is 789. The zero-order valence-corrected chi connectivity index (χ0v) is 14.7. The number of fused-ring (bicyclic) bond motifs is 1. The Morgan fingerprint density at radius 2 is 2.00 bits per heavy atom. The van der Waals surface area contributed by atoms with Crippen LogP contribution in [0.1, 0.15) is 17.5 Å². The fourth-order valence-corrected chi connectivity index (χ4v) is 3.71. The Kier molecular flexibility index (Phi) is 4.90. The van der Waals surface area contributed by atoms with Gasteiger partial charge in [-0.3, -0.25) is 9.59 Å². The third-order valence-electron chi connectivity index (χ3n) is 4.03. The van der Waals surface area contributed by atoms with Gasteiger partial charge in [-0.2, -0.15) is 0 Å². The molecule has 124 valence electrons. The van der Waals surface area contributed by atoms with Crippen molar-refractivity contribution < 1.29 is 9.59 Å². The molecule has 1 N–H and O–H groups in total. The number of amides is 2. The summed E-state index contributed by atoms with van der Waals surface area (Å²) in [6, 6.07) is 13.8. The normalized spacial score (nSPS) is 13.6. The lowest BCUT2D eigenvalue weighted by Crippen LogP contribution is -2.37. The summed E-state index contributed by atoms with van der Waals surface area (Å²) >= 11 is 1.55. The van der Waals surface area contributed by atoms with Gasteiger partial charge in [0.15, 0.2) is 0 Å². The lowest BCUT2D eigenvalue weighted by molar-refractivity contribution is -0.117. The van der Waals surface area contributed by atoms with Gasteiger partial charge in [0, 0.05) is 23.5 Å². The SMILES string of the molecule is Cc1ccc(NC(=O)CCN2C(=O)CSc3ccccc32)c(C)c1. The van der Waals surface area contributed by atoms with E-state index in [0.717, 1.165) is 21.8 Å². The Morgan fingerprint density at radius 1 is 1.21 bits per heavy atom. The lowest BCUT2D eigenvalue weighted by atomic mass is 10.1. The monoisotopic (exact) mass is 340 g/mol. The van der Waals surface area contributed by atoms with E-state index in [9.17, 15) is 9.59 Å². The number of carbonyl (C=O) groups excluding carboxylic acids is 2. The van der Waals surface area contributed by atoms with Crippen LogP contribution in [-0.4, -0.2) is 24.1 Å². The molecule has 0 aromatic heterocycles. The predicted octanol–water partition coefficient (Wildman–Crippen LogP) is 3.77. The van der Waals surface area contributed by atoms with Gasteiger partial charge in [0.05, 0.1) is 11.4 Å². The van der Waals surface area contributed by atoms with E-state index in [1.807, 2.05) is 56.3 Å². The van der Waals surface area contributed by atoms with Gasteiger partial charge in [-0.15, -0.1) is 11.8 Å². The maximum absolute atomic E-state index is 12.3.